The monoisotopic (exact) mass is 233 g/mol. The summed E-state index contributed by atoms with van der Waals surface area (Å²) in [7, 11) is 0. The number of aromatic nitrogens is 1. The first-order valence-electron chi connectivity index (χ1n) is 6.70. The molecule has 1 aliphatic carbocycles. The minimum atomic E-state index is 0.448. The molecule has 1 N–H and O–H groups in total. The van der Waals surface area contributed by atoms with Gasteiger partial charge in [-0.15, -0.1) is 0 Å². The van der Waals surface area contributed by atoms with Crippen molar-refractivity contribution in [2.24, 2.45) is 0 Å². The Bertz CT molecular complexity index is 354. The lowest BCUT2D eigenvalue weighted by Crippen LogP contribution is -2.52. The third kappa shape index (κ3) is 2.78. The second-order valence-corrected chi connectivity index (χ2v) is 4.79. The van der Waals surface area contributed by atoms with E-state index in [9.17, 15) is 0 Å². The van der Waals surface area contributed by atoms with Gasteiger partial charge in [-0.05, 0) is 31.9 Å². The van der Waals surface area contributed by atoms with Crippen molar-refractivity contribution < 1.29 is 0 Å². The fraction of sp³-hybridized carbons (Fsp3) is 0.643. The predicted octanol–water partition coefficient (Wildman–Crippen LogP) is 2.36. The largest absolute Gasteiger partial charge is 0.367 e. The van der Waals surface area contributed by atoms with E-state index in [0.29, 0.717) is 5.54 Å². The Labute approximate surface area is 104 Å². The van der Waals surface area contributed by atoms with E-state index in [1.54, 1.807) is 0 Å². The van der Waals surface area contributed by atoms with Crippen LogP contribution in [0.15, 0.2) is 18.3 Å². The third-order valence-corrected chi connectivity index (χ3v) is 3.49. The van der Waals surface area contributed by atoms with Crippen LogP contribution in [-0.2, 0) is 0 Å². The first-order valence-corrected chi connectivity index (χ1v) is 6.70. The number of piperazine rings is 1. The summed E-state index contributed by atoms with van der Waals surface area (Å²) >= 11 is 0. The lowest BCUT2D eigenvalue weighted by Gasteiger charge is -2.35. The van der Waals surface area contributed by atoms with E-state index in [1.165, 1.54) is 18.5 Å². The number of nitrogens with zero attached hydrogens (tertiary/aromatic N) is 2. The van der Waals surface area contributed by atoms with Gasteiger partial charge >= 0.3 is 0 Å². The topological polar surface area (TPSA) is 28.2 Å². The molecule has 94 valence electrons. The van der Waals surface area contributed by atoms with Crippen LogP contribution in [0.4, 0.5) is 5.69 Å². The summed E-state index contributed by atoms with van der Waals surface area (Å²) in [6.45, 7) is 9.39. The van der Waals surface area contributed by atoms with E-state index >= 15 is 0 Å². The van der Waals surface area contributed by atoms with Crippen LogP contribution in [-0.4, -0.2) is 30.2 Å². The van der Waals surface area contributed by atoms with E-state index in [-0.39, 0.29) is 0 Å². The van der Waals surface area contributed by atoms with Crippen LogP contribution in [0.3, 0.4) is 0 Å². The summed E-state index contributed by atoms with van der Waals surface area (Å²) in [4.78, 5) is 6.81. The number of nitrogens with one attached hydrogen (secondary N) is 1. The summed E-state index contributed by atoms with van der Waals surface area (Å²) in [6.07, 6.45) is 4.67. The molecule has 17 heavy (non-hydrogen) atoms. The Kier molecular flexibility index (Phi) is 3.67. The zero-order valence-electron chi connectivity index (χ0n) is 11.2. The van der Waals surface area contributed by atoms with Gasteiger partial charge in [-0.1, -0.05) is 13.8 Å². The predicted molar refractivity (Wildman–Crippen MR) is 72.5 cm³/mol. The summed E-state index contributed by atoms with van der Waals surface area (Å²) in [5, 5.41) is 3.62. The van der Waals surface area contributed by atoms with Crippen LogP contribution in [0.1, 0.15) is 32.4 Å². The molecule has 1 aromatic rings. The minimum absolute atomic E-state index is 0.448. The molecule has 0 aromatic carbocycles. The van der Waals surface area contributed by atoms with E-state index < -0.39 is 0 Å². The van der Waals surface area contributed by atoms with Crippen molar-refractivity contribution in [3.8, 4) is 0 Å². The molecule has 1 aromatic heterocycles. The molecular formula is C14H23N3. The number of pyridine rings is 1. The van der Waals surface area contributed by atoms with E-state index in [1.807, 2.05) is 27.0 Å². The van der Waals surface area contributed by atoms with E-state index in [0.717, 1.165) is 25.3 Å². The van der Waals surface area contributed by atoms with Gasteiger partial charge in [0.25, 0.3) is 0 Å². The third-order valence-electron chi connectivity index (χ3n) is 3.49. The van der Waals surface area contributed by atoms with E-state index in [4.69, 9.17) is 0 Å². The molecular weight excluding hydrogens is 210 g/mol. The number of hydrogen-bond acceptors (Lipinski definition) is 3. The average molecular weight is 233 g/mol. The lowest BCUT2D eigenvalue weighted by atomic mass is 10.1. The molecule has 0 atom stereocenters. The van der Waals surface area contributed by atoms with Gasteiger partial charge in [0.1, 0.15) is 0 Å². The summed E-state index contributed by atoms with van der Waals surface area (Å²) < 4.78 is 0. The van der Waals surface area contributed by atoms with Crippen molar-refractivity contribution in [2.75, 3.05) is 24.5 Å². The molecule has 2 fully saturated rings. The number of anilines is 1. The van der Waals surface area contributed by atoms with Gasteiger partial charge in [-0.3, -0.25) is 4.98 Å². The standard InChI is InChI=1S/C12H17N3.C2H6/c1-10-2-3-11(8-13-10)15-7-6-14-12(9-15)4-5-12;1-2/h2-3,8,14H,4-7,9H2,1H3;1-2H3. The van der Waals surface area contributed by atoms with Crippen LogP contribution in [0.2, 0.25) is 0 Å². The van der Waals surface area contributed by atoms with Crippen molar-refractivity contribution in [2.45, 2.75) is 39.2 Å². The summed E-state index contributed by atoms with van der Waals surface area (Å²) in [5.41, 5.74) is 2.81. The molecule has 1 aliphatic heterocycles. The maximum Gasteiger partial charge on any atom is 0.0554 e. The zero-order chi connectivity index (χ0) is 12.3. The van der Waals surface area contributed by atoms with Crippen LogP contribution < -0.4 is 10.2 Å². The Morgan fingerprint density at radius 3 is 2.65 bits per heavy atom. The second kappa shape index (κ2) is 5.05. The normalized spacial score (nSPS) is 20.8. The molecule has 0 bridgehead atoms. The molecule has 1 saturated heterocycles. The molecule has 2 heterocycles. The fourth-order valence-electron chi connectivity index (χ4n) is 2.31. The number of hydrogen-bond donors (Lipinski definition) is 1. The smallest absolute Gasteiger partial charge is 0.0554 e. The fourth-order valence-corrected chi connectivity index (χ4v) is 2.31. The van der Waals surface area contributed by atoms with Gasteiger partial charge in [0.05, 0.1) is 11.9 Å². The number of aryl methyl sites for hydroxylation is 1. The quantitative estimate of drug-likeness (QED) is 0.807. The van der Waals surface area contributed by atoms with Crippen molar-refractivity contribution in [3.63, 3.8) is 0 Å². The molecule has 1 spiro atoms. The highest BCUT2D eigenvalue weighted by Gasteiger charge is 2.45. The highest BCUT2D eigenvalue weighted by molar-refractivity contribution is 5.46. The van der Waals surface area contributed by atoms with Crippen molar-refractivity contribution in [1.29, 1.82) is 0 Å². The Balaban J connectivity index is 0.000000514. The first-order chi connectivity index (χ1) is 8.27. The minimum Gasteiger partial charge on any atom is -0.367 e. The summed E-state index contributed by atoms with van der Waals surface area (Å²) in [6, 6.07) is 4.28. The maximum atomic E-state index is 4.36. The molecule has 0 radical (unpaired) electrons. The molecule has 3 heteroatoms. The van der Waals surface area contributed by atoms with Gasteiger partial charge in [-0.2, -0.15) is 0 Å². The van der Waals surface area contributed by atoms with Gasteiger partial charge < -0.3 is 10.2 Å². The highest BCUT2D eigenvalue weighted by atomic mass is 15.2. The van der Waals surface area contributed by atoms with Gasteiger partial charge in [0, 0.05) is 30.9 Å². The molecule has 3 nitrogen and oxygen atoms in total. The Hall–Kier alpha value is -1.09. The molecule has 0 unspecified atom stereocenters. The molecule has 0 amide bonds. The average Bonchev–Trinajstić information content (AvgIpc) is 3.12. The maximum absolute atomic E-state index is 4.36. The molecule has 3 rings (SSSR count). The van der Waals surface area contributed by atoms with Crippen LogP contribution >= 0.6 is 0 Å². The van der Waals surface area contributed by atoms with Gasteiger partial charge in [0.15, 0.2) is 0 Å². The summed E-state index contributed by atoms with van der Waals surface area (Å²) in [5.74, 6) is 0. The molecule has 1 saturated carbocycles. The van der Waals surface area contributed by atoms with Crippen LogP contribution in [0.5, 0.6) is 0 Å². The molecule has 2 aliphatic rings. The Morgan fingerprint density at radius 2 is 2.06 bits per heavy atom. The van der Waals surface area contributed by atoms with Gasteiger partial charge in [0.2, 0.25) is 0 Å². The second-order valence-electron chi connectivity index (χ2n) is 4.79. The van der Waals surface area contributed by atoms with Crippen molar-refractivity contribution in [1.82, 2.24) is 10.3 Å². The van der Waals surface area contributed by atoms with Crippen molar-refractivity contribution in [3.05, 3.63) is 24.0 Å². The van der Waals surface area contributed by atoms with E-state index in [2.05, 4.69) is 27.3 Å². The highest BCUT2D eigenvalue weighted by Crippen LogP contribution is 2.38. The first kappa shape index (κ1) is 12.4. The van der Waals surface area contributed by atoms with Gasteiger partial charge in [-0.25, -0.2) is 0 Å². The zero-order valence-corrected chi connectivity index (χ0v) is 11.2. The van der Waals surface area contributed by atoms with Crippen LogP contribution in [0.25, 0.3) is 0 Å². The number of rotatable bonds is 1. The Morgan fingerprint density at radius 1 is 1.29 bits per heavy atom. The SMILES string of the molecule is CC.Cc1ccc(N2CCNC3(CC3)C2)cn1. The lowest BCUT2D eigenvalue weighted by molar-refractivity contribution is 0.442. The van der Waals surface area contributed by atoms with Crippen molar-refractivity contribution >= 4 is 5.69 Å². The van der Waals surface area contributed by atoms with Crippen LogP contribution in [0, 0.1) is 6.92 Å².